The number of piperazine rings is 1. The van der Waals surface area contributed by atoms with Crippen LogP contribution in [-0.2, 0) is 6.54 Å². The molecule has 1 aliphatic rings. The van der Waals surface area contributed by atoms with Crippen LogP contribution in [0.2, 0.25) is 0 Å². The van der Waals surface area contributed by atoms with Crippen LogP contribution in [0.5, 0.6) is 0 Å². The molecular weight excluding hydrogens is 320 g/mol. The normalized spacial score (nSPS) is 17.6. The van der Waals surface area contributed by atoms with E-state index in [1.807, 2.05) is 30.5 Å². The fourth-order valence-corrected chi connectivity index (χ4v) is 3.51. The van der Waals surface area contributed by atoms with E-state index in [0.717, 1.165) is 37.7 Å². The van der Waals surface area contributed by atoms with Crippen molar-refractivity contribution in [1.82, 2.24) is 20.1 Å². The van der Waals surface area contributed by atoms with Gasteiger partial charge in [-0.15, -0.1) is 11.3 Å². The Morgan fingerprint density at radius 1 is 1.33 bits per heavy atom. The molecule has 128 valence electrons. The van der Waals surface area contributed by atoms with E-state index in [4.69, 9.17) is 0 Å². The van der Waals surface area contributed by atoms with Gasteiger partial charge in [0.25, 0.3) is 5.91 Å². The van der Waals surface area contributed by atoms with E-state index >= 15 is 0 Å². The first-order chi connectivity index (χ1) is 11.6. The van der Waals surface area contributed by atoms with E-state index < -0.39 is 0 Å². The summed E-state index contributed by atoms with van der Waals surface area (Å²) in [5.74, 6) is -0.0436. The Morgan fingerprint density at radius 3 is 2.83 bits per heavy atom. The van der Waals surface area contributed by atoms with Gasteiger partial charge in [0, 0.05) is 49.9 Å². The highest BCUT2D eigenvalue weighted by Crippen LogP contribution is 2.16. The van der Waals surface area contributed by atoms with Gasteiger partial charge < -0.3 is 10.2 Å². The number of likely N-dealkylation sites (N-methyl/N-ethyl adjacent to an activating group) is 1. The average Bonchev–Trinajstić information content (AvgIpc) is 3.12. The Kier molecular flexibility index (Phi) is 5.60. The Hall–Kier alpha value is -1.76. The zero-order chi connectivity index (χ0) is 16.9. The highest BCUT2D eigenvalue weighted by Gasteiger charge is 2.16. The van der Waals surface area contributed by atoms with E-state index in [0.29, 0.717) is 5.56 Å². The lowest BCUT2D eigenvalue weighted by Crippen LogP contribution is -2.43. The molecular formula is C18H24N4OS. The number of carbonyl (C=O) groups excluding carboxylic acids is 1. The van der Waals surface area contributed by atoms with Crippen molar-refractivity contribution in [2.24, 2.45) is 0 Å². The molecule has 6 heteroatoms. The van der Waals surface area contributed by atoms with Crippen molar-refractivity contribution in [1.29, 1.82) is 0 Å². The summed E-state index contributed by atoms with van der Waals surface area (Å²) in [6, 6.07) is 7.87. The van der Waals surface area contributed by atoms with E-state index in [-0.39, 0.29) is 11.9 Å². The maximum Gasteiger partial charge on any atom is 0.251 e. The minimum Gasteiger partial charge on any atom is -0.343 e. The van der Waals surface area contributed by atoms with Gasteiger partial charge in [-0.2, -0.15) is 0 Å². The molecule has 1 aromatic carbocycles. The molecule has 5 nitrogen and oxygen atoms in total. The van der Waals surface area contributed by atoms with Gasteiger partial charge in [-0.3, -0.25) is 9.69 Å². The molecule has 0 unspecified atom stereocenters. The van der Waals surface area contributed by atoms with Gasteiger partial charge in [0.05, 0.1) is 6.04 Å². The fraction of sp³-hybridized carbons (Fsp3) is 0.444. The third-order valence-electron chi connectivity index (χ3n) is 4.36. The van der Waals surface area contributed by atoms with Gasteiger partial charge in [-0.05, 0) is 31.7 Å². The Bertz CT molecular complexity index is 665. The maximum atomic E-state index is 12.5. The van der Waals surface area contributed by atoms with Crippen molar-refractivity contribution in [2.45, 2.75) is 19.5 Å². The lowest BCUT2D eigenvalue weighted by Gasteiger charge is -2.32. The summed E-state index contributed by atoms with van der Waals surface area (Å²) >= 11 is 1.56. The topological polar surface area (TPSA) is 48.5 Å². The summed E-state index contributed by atoms with van der Waals surface area (Å²) in [6.07, 6.45) is 1.76. The molecule has 0 bridgehead atoms. The number of benzene rings is 1. The number of hydrogen-bond acceptors (Lipinski definition) is 5. The molecule has 1 aromatic heterocycles. The summed E-state index contributed by atoms with van der Waals surface area (Å²) in [7, 11) is 2.16. The minimum atomic E-state index is -0.0706. The van der Waals surface area contributed by atoms with Crippen molar-refractivity contribution in [3.05, 3.63) is 52.0 Å². The first-order valence-electron chi connectivity index (χ1n) is 8.32. The summed E-state index contributed by atoms with van der Waals surface area (Å²) in [6.45, 7) is 7.22. The molecule has 2 aromatic rings. The largest absolute Gasteiger partial charge is 0.343 e. The average molecular weight is 344 g/mol. The second-order valence-corrected chi connectivity index (χ2v) is 7.27. The van der Waals surface area contributed by atoms with Gasteiger partial charge in [0.1, 0.15) is 5.01 Å². The molecule has 1 fully saturated rings. The molecule has 3 rings (SSSR count). The second-order valence-electron chi connectivity index (χ2n) is 6.35. The number of thiazole rings is 1. The molecule has 1 atom stereocenters. The lowest BCUT2D eigenvalue weighted by atomic mass is 10.1. The molecule has 1 saturated heterocycles. The molecule has 1 aliphatic heterocycles. The van der Waals surface area contributed by atoms with E-state index in [1.54, 1.807) is 17.5 Å². The summed E-state index contributed by atoms with van der Waals surface area (Å²) in [5, 5.41) is 5.88. The van der Waals surface area contributed by atoms with E-state index in [2.05, 4.69) is 33.2 Å². The number of rotatable bonds is 5. The van der Waals surface area contributed by atoms with Crippen molar-refractivity contribution in [3.8, 4) is 0 Å². The predicted molar refractivity (Wildman–Crippen MR) is 97.2 cm³/mol. The standard InChI is InChI=1S/C18H24N4OS/c1-14(18-19-6-11-24-18)20-17(23)16-5-3-4-15(12-16)13-22-9-7-21(2)8-10-22/h3-6,11-12,14H,7-10,13H2,1-2H3,(H,20,23)/t14-/m1/s1. The Balaban J connectivity index is 1.61. The molecule has 0 spiro atoms. The van der Waals surface area contributed by atoms with Gasteiger partial charge in [-0.25, -0.2) is 4.98 Å². The number of aromatic nitrogens is 1. The van der Waals surface area contributed by atoms with Gasteiger partial charge in [0.15, 0.2) is 0 Å². The van der Waals surface area contributed by atoms with Crippen molar-refractivity contribution >= 4 is 17.2 Å². The van der Waals surface area contributed by atoms with Crippen LogP contribution in [0, 0.1) is 0 Å². The summed E-state index contributed by atoms with van der Waals surface area (Å²) in [4.78, 5) is 21.5. The smallest absolute Gasteiger partial charge is 0.251 e. The van der Waals surface area contributed by atoms with Crippen LogP contribution in [-0.4, -0.2) is 53.9 Å². The SMILES string of the molecule is C[C@@H](NC(=O)c1cccc(CN2CCN(C)CC2)c1)c1nccs1. The van der Waals surface area contributed by atoms with E-state index in [9.17, 15) is 4.79 Å². The number of carbonyl (C=O) groups is 1. The molecule has 1 N–H and O–H groups in total. The molecule has 2 heterocycles. The van der Waals surface area contributed by atoms with Crippen LogP contribution in [0.25, 0.3) is 0 Å². The van der Waals surface area contributed by atoms with Crippen LogP contribution >= 0.6 is 11.3 Å². The number of amides is 1. The highest BCUT2D eigenvalue weighted by atomic mass is 32.1. The van der Waals surface area contributed by atoms with Gasteiger partial charge in [-0.1, -0.05) is 12.1 Å². The number of hydrogen-bond donors (Lipinski definition) is 1. The van der Waals surface area contributed by atoms with Gasteiger partial charge in [0.2, 0.25) is 0 Å². The summed E-state index contributed by atoms with van der Waals surface area (Å²) in [5.41, 5.74) is 1.90. The molecule has 1 amide bonds. The first-order valence-corrected chi connectivity index (χ1v) is 9.20. The minimum absolute atomic E-state index is 0.0436. The zero-order valence-corrected chi connectivity index (χ0v) is 15.1. The highest BCUT2D eigenvalue weighted by molar-refractivity contribution is 7.09. The van der Waals surface area contributed by atoms with Crippen LogP contribution in [0.3, 0.4) is 0 Å². The van der Waals surface area contributed by atoms with Crippen molar-refractivity contribution in [3.63, 3.8) is 0 Å². The molecule has 24 heavy (non-hydrogen) atoms. The number of nitrogens with zero attached hydrogens (tertiary/aromatic N) is 3. The third kappa shape index (κ3) is 4.41. The molecule has 0 aliphatic carbocycles. The monoisotopic (exact) mass is 344 g/mol. The van der Waals surface area contributed by atoms with Gasteiger partial charge >= 0.3 is 0 Å². The third-order valence-corrected chi connectivity index (χ3v) is 5.32. The zero-order valence-electron chi connectivity index (χ0n) is 14.2. The summed E-state index contributed by atoms with van der Waals surface area (Å²) < 4.78 is 0. The van der Waals surface area contributed by atoms with Crippen LogP contribution in [0.15, 0.2) is 35.8 Å². The Morgan fingerprint density at radius 2 is 2.12 bits per heavy atom. The van der Waals surface area contributed by atoms with Crippen molar-refractivity contribution < 1.29 is 4.79 Å². The Labute approximate surface area is 147 Å². The number of nitrogens with one attached hydrogen (secondary N) is 1. The second kappa shape index (κ2) is 7.88. The molecule has 0 radical (unpaired) electrons. The maximum absolute atomic E-state index is 12.5. The molecule has 0 saturated carbocycles. The van der Waals surface area contributed by atoms with Crippen LogP contribution < -0.4 is 5.32 Å². The van der Waals surface area contributed by atoms with Crippen molar-refractivity contribution in [2.75, 3.05) is 33.2 Å². The quantitative estimate of drug-likeness (QED) is 0.905. The lowest BCUT2D eigenvalue weighted by molar-refractivity contribution is 0.0939. The van der Waals surface area contributed by atoms with Crippen LogP contribution in [0.1, 0.15) is 33.9 Å². The van der Waals surface area contributed by atoms with Crippen LogP contribution in [0.4, 0.5) is 0 Å². The predicted octanol–water partition coefficient (Wildman–Crippen LogP) is 2.38. The fourth-order valence-electron chi connectivity index (χ4n) is 2.87. The first kappa shape index (κ1) is 17.1. The van der Waals surface area contributed by atoms with E-state index in [1.165, 1.54) is 5.56 Å².